The van der Waals surface area contributed by atoms with E-state index in [1.807, 2.05) is 25.3 Å². The first-order chi connectivity index (χ1) is 3.68. The van der Waals surface area contributed by atoms with Gasteiger partial charge in [-0.05, 0) is 6.26 Å². The molecule has 0 heterocycles. The summed E-state index contributed by atoms with van der Waals surface area (Å²) in [4.78, 5) is 1.82. The van der Waals surface area contributed by atoms with Crippen molar-refractivity contribution in [1.82, 2.24) is 4.90 Å². The summed E-state index contributed by atoms with van der Waals surface area (Å²) in [6.45, 7) is 0. The molecule has 0 saturated carbocycles. The Bertz CT molecular complexity index is 80.5. The quantitative estimate of drug-likeness (QED) is 0.446. The van der Waals surface area contributed by atoms with E-state index in [9.17, 15) is 0 Å². The lowest BCUT2D eigenvalue weighted by molar-refractivity contribution is 0.615. The Morgan fingerprint density at radius 1 is 1.62 bits per heavy atom. The van der Waals surface area contributed by atoms with Crippen molar-refractivity contribution in [2.75, 3.05) is 26.1 Å². The summed E-state index contributed by atoms with van der Waals surface area (Å²) in [6.07, 6.45) is 2.00. The van der Waals surface area contributed by atoms with Gasteiger partial charge in [0.1, 0.15) is 5.84 Å². The average Bonchev–Trinajstić information content (AvgIpc) is 1.67. The Labute approximate surface area is 54.8 Å². The smallest absolute Gasteiger partial charge is 0.105 e. The summed E-state index contributed by atoms with van der Waals surface area (Å²) in [5, 5.41) is 7.25. The fourth-order valence-electron chi connectivity index (χ4n) is 0.266. The van der Waals surface area contributed by atoms with Gasteiger partial charge >= 0.3 is 0 Å². The number of nitrogens with one attached hydrogen (secondary N) is 1. The molecule has 0 aliphatic carbocycles. The number of nitrogens with zero attached hydrogens (tertiary/aromatic N) is 1. The van der Waals surface area contributed by atoms with Crippen LogP contribution in [-0.4, -0.2) is 36.8 Å². The molecule has 0 amide bonds. The zero-order chi connectivity index (χ0) is 6.57. The molecule has 0 aromatic rings. The molecule has 2 nitrogen and oxygen atoms in total. The van der Waals surface area contributed by atoms with Crippen LogP contribution in [0.15, 0.2) is 0 Å². The van der Waals surface area contributed by atoms with Crippen molar-refractivity contribution in [2.45, 2.75) is 0 Å². The van der Waals surface area contributed by atoms with Crippen molar-refractivity contribution < 1.29 is 0 Å². The van der Waals surface area contributed by atoms with Gasteiger partial charge in [0, 0.05) is 14.1 Å². The maximum absolute atomic E-state index is 7.25. The summed E-state index contributed by atoms with van der Waals surface area (Å²) in [6, 6.07) is 0. The van der Waals surface area contributed by atoms with E-state index in [4.69, 9.17) is 5.41 Å². The Kier molecular flexibility index (Phi) is 3.69. The second-order valence-corrected chi connectivity index (χ2v) is 2.64. The van der Waals surface area contributed by atoms with Crippen LogP contribution in [0.1, 0.15) is 0 Å². The summed E-state index contributed by atoms with van der Waals surface area (Å²) in [5.74, 6) is 1.49. The van der Waals surface area contributed by atoms with E-state index in [2.05, 4.69) is 0 Å². The minimum absolute atomic E-state index is 0.678. The average molecular weight is 132 g/mol. The van der Waals surface area contributed by atoms with E-state index in [0.29, 0.717) is 5.84 Å². The Balaban J connectivity index is 3.33. The standard InChI is InChI=1S/C5H12N2S/c1-7(2)5(6)4-8-3/h6H,4H2,1-3H3. The van der Waals surface area contributed by atoms with Crippen LogP contribution in [-0.2, 0) is 0 Å². The van der Waals surface area contributed by atoms with Crippen molar-refractivity contribution >= 4 is 17.6 Å². The van der Waals surface area contributed by atoms with Crippen molar-refractivity contribution in [1.29, 1.82) is 5.41 Å². The predicted octanol–water partition coefficient (Wildman–Crippen LogP) is 0.888. The van der Waals surface area contributed by atoms with E-state index in [-0.39, 0.29) is 0 Å². The van der Waals surface area contributed by atoms with Gasteiger partial charge in [-0.15, -0.1) is 0 Å². The van der Waals surface area contributed by atoms with E-state index in [1.54, 1.807) is 11.8 Å². The highest BCUT2D eigenvalue weighted by Crippen LogP contribution is 1.92. The molecule has 0 spiro atoms. The zero-order valence-electron chi connectivity index (χ0n) is 5.56. The molecule has 0 aromatic carbocycles. The van der Waals surface area contributed by atoms with E-state index >= 15 is 0 Å². The number of thioether (sulfide) groups is 1. The third-order valence-corrected chi connectivity index (χ3v) is 1.38. The van der Waals surface area contributed by atoms with E-state index in [0.717, 1.165) is 5.75 Å². The summed E-state index contributed by atoms with van der Waals surface area (Å²) in [7, 11) is 3.77. The second kappa shape index (κ2) is 3.78. The van der Waals surface area contributed by atoms with Crippen LogP contribution in [0.2, 0.25) is 0 Å². The van der Waals surface area contributed by atoms with Gasteiger partial charge in [-0.25, -0.2) is 0 Å². The minimum atomic E-state index is 0.678. The summed E-state index contributed by atoms with van der Waals surface area (Å²) >= 11 is 1.67. The normalized spacial score (nSPS) is 8.88. The maximum atomic E-state index is 7.25. The van der Waals surface area contributed by atoms with Crippen molar-refractivity contribution in [3.63, 3.8) is 0 Å². The predicted molar refractivity (Wildman–Crippen MR) is 39.8 cm³/mol. The van der Waals surface area contributed by atoms with Gasteiger partial charge in [-0.2, -0.15) is 11.8 Å². The van der Waals surface area contributed by atoms with Gasteiger partial charge < -0.3 is 4.90 Å². The number of amidine groups is 1. The van der Waals surface area contributed by atoms with Crippen LogP contribution in [0, 0.1) is 5.41 Å². The molecule has 0 radical (unpaired) electrons. The van der Waals surface area contributed by atoms with Crippen LogP contribution in [0.4, 0.5) is 0 Å². The van der Waals surface area contributed by atoms with Crippen LogP contribution < -0.4 is 0 Å². The SMILES string of the molecule is CSCC(=N)N(C)C. The molecule has 0 saturated heterocycles. The van der Waals surface area contributed by atoms with Gasteiger partial charge in [-0.1, -0.05) is 0 Å². The Hall–Kier alpha value is -0.180. The lowest BCUT2D eigenvalue weighted by Crippen LogP contribution is -2.22. The van der Waals surface area contributed by atoms with Gasteiger partial charge in [0.2, 0.25) is 0 Å². The van der Waals surface area contributed by atoms with Gasteiger partial charge in [0.05, 0.1) is 5.75 Å². The molecule has 8 heavy (non-hydrogen) atoms. The van der Waals surface area contributed by atoms with Gasteiger partial charge in [-0.3, -0.25) is 5.41 Å². The van der Waals surface area contributed by atoms with Gasteiger partial charge in [0.25, 0.3) is 0 Å². The number of rotatable bonds is 2. The van der Waals surface area contributed by atoms with Crippen molar-refractivity contribution in [3.05, 3.63) is 0 Å². The lowest BCUT2D eigenvalue weighted by atomic mass is 10.6. The third kappa shape index (κ3) is 2.91. The van der Waals surface area contributed by atoms with Crippen LogP contribution in [0.5, 0.6) is 0 Å². The van der Waals surface area contributed by atoms with Crippen LogP contribution in [0.3, 0.4) is 0 Å². The highest BCUT2D eigenvalue weighted by molar-refractivity contribution is 7.99. The molecule has 0 unspecified atom stereocenters. The van der Waals surface area contributed by atoms with Gasteiger partial charge in [0.15, 0.2) is 0 Å². The molecule has 1 N–H and O–H groups in total. The summed E-state index contributed by atoms with van der Waals surface area (Å²) in [5.41, 5.74) is 0. The van der Waals surface area contributed by atoms with Crippen LogP contribution in [0.25, 0.3) is 0 Å². The first kappa shape index (κ1) is 7.82. The Morgan fingerprint density at radius 2 is 2.12 bits per heavy atom. The van der Waals surface area contributed by atoms with Crippen molar-refractivity contribution in [2.24, 2.45) is 0 Å². The fraction of sp³-hybridized carbons (Fsp3) is 0.800. The molecule has 0 aliphatic heterocycles. The molecule has 0 rings (SSSR count). The molecule has 0 fully saturated rings. The lowest BCUT2D eigenvalue weighted by Gasteiger charge is -2.11. The number of hydrogen-bond acceptors (Lipinski definition) is 2. The molecular formula is C5H12N2S. The minimum Gasteiger partial charge on any atom is -0.366 e. The first-order valence-electron chi connectivity index (χ1n) is 2.42. The Morgan fingerprint density at radius 3 is 2.25 bits per heavy atom. The highest BCUT2D eigenvalue weighted by Gasteiger charge is 1.93. The monoisotopic (exact) mass is 132 g/mol. The van der Waals surface area contributed by atoms with Crippen molar-refractivity contribution in [3.8, 4) is 0 Å². The molecule has 3 heteroatoms. The molecule has 0 aliphatic rings. The fourth-order valence-corrected chi connectivity index (χ4v) is 0.797. The molecule has 0 atom stereocenters. The summed E-state index contributed by atoms with van der Waals surface area (Å²) < 4.78 is 0. The number of hydrogen-bond donors (Lipinski definition) is 1. The van der Waals surface area contributed by atoms with E-state index < -0.39 is 0 Å². The molecule has 48 valence electrons. The molecule has 0 bridgehead atoms. The first-order valence-corrected chi connectivity index (χ1v) is 3.81. The zero-order valence-corrected chi connectivity index (χ0v) is 6.38. The second-order valence-electron chi connectivity index (χ2n) is 1.77. The maximum Gasteiger partial charge on any atom is 0.105 e. The molecular weight excluding hydrogens is 120 g/mol. The third-order valence-electron chi connectivity index (χ3n) is 0.821. The topological polar surface area (TPSA) is 27.1 Å². The molecule has 0 aromatic heterocycles. The largest absolute Gasteiger partial charge is 0.366 e. The highest BCUT2D eigenvalue weighted by atomic mass is 32.2. The van der Waals surface area contributed by atoms with E-state index in [1.165, 1.54) is 0 Å². The van der Waals surface area contributed by atoms with Crippen LogP contribution >= 0.6 is 11.8 Å².